The lowest BCUT2D eigenvalue weighted by atomic mass is 10.0. The van der Waals surface area contributed by atoms with Gasteiger partial charge in [0.05, 0.1) is 25.4 Å². The molecule has 6 nitrogen and oxygen atoms in total. The highest BCUT2D eigenvalue weighted by molar-refractivity contribution is 5.76. The lowest BCUT2D eigenvalue weighted by Crippen LogP contribution is -2.45. The molecule has 2 unspecified atom stereocenters. The van der Waals surface area contributed by atoms with E-state index in [0.717, 1.165) is 38.5 Å². The zero-order valence-electron chi connectivity index (χ0n) is 42.6. The van der Waals surface area contributed by atoms with Gasteiger partial charge in [-0.15, -0.1) is 0 Å². The maximum Gasteiger partial charge on any atom is 0.305 e. The molecular weight excluding hydrogens is 779 g/mol. The van der Waals surface area contributed by atoms with Crippen molar-refractivity contribution in [2.24, 2.45) is 0 Å². The molecule has 2 atom stereocenters. The van der Waals surface area contributed by atoms with E-state index < -0.39 is 12.1 Å². The van der Waals surface area contributed by atoms with Crippen molar-refractivity contribution in [2.75, 3.05) is 13.2 Å². The number of hydrogen-bond donors (Lipinski definition) is 3. The Labute approximate surface area is 393 Å². The van der Waals surface area contributed by atoms with Gasteiger partial charge in [0.1, 0.15) is 0 Å². The molecule has 3 N–H and O–H groups in total. The minimum absolute atomic E-state index is 0.00909. The SMILES string of the molecule is CCCCCCCCCCCCCC/C=C/C(O)C(CO)NC(=O)CCCCCCCCCCCCCCCCCCCCOC(=O)CCCCCCCCCCCCCCCC. The standard InChI is InChI=1S/C57H111NO5/c1-3-5-7-9-11-13-15-17-25-29-33-37-41-45-49-55(60)54(53-59)58-56(61)50-46-42-38-34-30-26-23-21-19-20-22-24-28-32-36-40-44-48-52-63-57(62)51-47-43-39-35-31-27-18-16-14-12-10-8-6-4-2/h45,49,54-55,59-60H,3-44,46-48,50-53H2,1-2H3,(H,58,61)/b49-45+. The van der Waals surface area contributed by atoms with Gasteiger partial charge in [-0.05, 0) is 32.1 Å². The van der Waals surface area contributed by atoms with Crippen LogP contribution in [0.15, 0.2) is 12.2 Å². The summed E-state index contributed by atoms with van der Waals surface area (Å²) >= 11 is 0. The molecule has 0 saturated heterocycles. The van der Waals surface area contributed by atoms with Crippen molar-refractivity contribution in [1.82, 2.24) is 5.32 Å². The Balaban J connectivity index is 3.41. The van der Waals surface area contributed by atoms with E-state index in [2.05, 4.69) is 19.2 Å². The molecule has 6 heteroatoms. The maximum absolute atomic E-state index is 12.4. The van der Waals surface area contributed by atoms with E-state index in [1.54, 1.807) is 6.08 Å². The quantitative estimate of drug-likeness (QED) is 0.0321. The van der Waals surface area contributed by atoms with Gasteiger partial charge in [-0.3, -0.25) is 9.59 Å². The summed E-state index contributed by atoms with van der Waals surface area (Å²) in [4.78, 5) is 24.5. The molecule has 0 aromatic heterocycles. The van der Waals surface area contributed by atoms with Gasteiger partial charge in [0, 0.05) is 12.8 Å². The van der Waals surface area contributed by atoms with Gasteiger partial charge in [-0.1, -0.05) is 283 Å². The third-order valence-corrected chi connectivity index (χ3v) is 13.3. The molecule has 0 bridgehead atoms. The molecule has 1 amide bonds. The van der Waals surface area contributed by atoms with Gasteiger partial charge in [0.25, 0.3) is 0 Å². The maximum atomic E-state index is 12.4. The lowest BCUT2D eigenvalue weighted by Gasteiger charge is -2.20. The van der Waals surface area contributed by atoms with Crippen molar-refractivity contribution >= 4 is 11.9 Å². The van der Waals surface area contributed by atoms with Crippen LogP contribution in [-0.2, 0) is 14.3 Å². The molecule has 374 valence electrons. The summed E-state index contributed by atoms with van der Waals surface area (Å²) in [6.07, 6.45) is 62.3. The summed E-state index contributed by atoms with van der Waals surface area (Å²) in [5.41, 5.74) is 0. The summed E-state index contributed by atoms with van der Waals surface area (Å²) in [7, 11) is 0. The lowest BCUT2D eigenvalue weighted by molar-refractivity contribution is -0.143. The fourth-order valence-corrected chi connectivity index (χ4v) is 8.93. The Bertz CT molecular complexity index is 939. The van der Waals surface area contributed by atoms with Crippen molar-refractivity contribution in [3.05, 3.63) is 12.2 Å². The van der Waals surface area contributed by atoms with Crippen LogP contribution >= 0.6 is 0 Å². The van der Waals surface area contributed by atoms with Crippen molar-refractivity contribution in [3.63, 3.8) is 0 Å². The van der Waals surface area contributed by atoms with E-state index in [9.17, 15) is 19.8 Å². The van der Waals surface area contributed by atoms with Crippen LogP contribution in [0, 0.1) is 0 Å². The number of amides is 1. The Morgan fingerprint density at radius 2 is 0.730 bits per heavy atom. The van der Waals surface area contributed by atoms with Crippen molar-refractivity contribution in [1.29, 1.82) is 0 Å². The number of esters is 1. The highest BCUT2D eigenvalue weighted by atomic mass is 16.5. The average Bonchev–Trinajstić information content (AvgIpc) is 3.28. The van der Waals surface area contributed by atoms with Gasteiger partial charge in [0.15, 0.2) is 0 Å². The molecule has 0 aliphatic heterocycles. The number of carbonyl (C=O) groups is 2. The Morgan fingerprint density at radius 3 is 1.08 bits per heavy atom. The predicted octanol–water partition coefficient (Wildman–Crippen LogP) is 17.3. The molecule has 0 aliphatic carbocycles. The van der Waals surface area contributed by atoms with Crippen LogP contribution < -0.4 is 5.32 Å². The topological polar surface area (TPSA) is 95.9 Å². The fourth-order valence-electron chi connectivity index (χ4n) is 8.93. The zero-order chi connectivity index (χ0) is 45.8. The number of rotatable bonds is 53. The van der Waals surface area contributed by atoms with E-state index in [1.165, 1.54) is 250 Å². The third kappa shape index (κ3) is 49.9. The summed E-state index contributed by atoms with van der Waals surface area (Å²) in [6.45, 7) is 4.91. The number of aliphatic hydroxyl groups is 2. The Kier molecular flexibility index (Phi) is 52.0. The smallest absolute Gasteiger partial charge is 0.305 e. The largest absolute Gasteiger partial charge is 0.466 e. The summed E-state index contributed by atoms with van der Waals surface area (Å²) < 4.78 is 5.48. The number of ether oxygens (including phenoxy) is 1. The van der Waals surface area contributed by atoms with Crippen LogP contribution in [0.5, 0.6) is 0 Å². The first-order chi connectivity index (χ1) is 31.0. The van der Waals surface area contributed by atoms with Crippen LogP contribution in [0.2, 0.25) is 0 Å². The molecule has 0 saturated carbocycles. The first-order valence-corrected chi connectivity index (χ1v) is 28.5. The molecule has 0 aromatic rings. The van der Waals surface area contributed by atoms with Crippen LogP contribution in [0.25, 0.3) is 0 Å². The van der Waals surface area contributed by atoms with Crippen molar-refractivity contribution in [3.8, 4) is 0 Å². The summed E-state index contributed by atoms with van der Waals surface area (Å²) in [5.74, 6) is -0.0614. The number of unbranched alkanes of at least 4 members (excludes halogenated alkanes) is 42. The van der Waals surface area contributed by atoms with Gasteiger partial charge in [-0.25, -0.2) is 0 Å². The molecule has 0 fully saturated rings. The second-order valence-corrected chi connectivity index (χ2v) is 19.6. The Hall–Kier alpha value is -1.40. The van der Waals surface area contributed by atoms with Crippen LogP contribution in [-0.4, -0.2) is 47.4 Å². The van der Waals surface area contributed by atoms with E-state index in [4.69, 9.17) is 4.74 Å². The fraction of sp³-hybridized carbons (Fsp3) is 0.930. The minimum atomic E-state index is -0.845. The molecule has 0 heterocycles. The van der Waals surface area contributed by atoms with Gasteiger partial charge < -0.3 is 20.3 Å². The van der Waals surface area contributed by atoms with E-state index >= 15 is 0 Å². The molecule has 0 aliphatic rings. The number of carbonyl (C=O) groups excluding carboxylic acids is 2. The first-order valence-electron chi connectivity index (χ1n) is 28.5. The number of allylic oxidation sites excluding steroid dienone is 1. The van der Waals surface area contributed by atoms with Crippen molar-refractivity contribution < 1.29 is 24.5 Å². The number of nitrogens with one attached hydrogen (secondary N) is 1. The molecule has 0 aromatic carbocycles. The van der Waals surface area contributed by atoms with Crippen LogP contribution in [0.1, 0.15) is 316 Å². The number of hydrogen-bond acceptors (Lipinski definition) is 5. The van der Waals surface area contributed by atoms with Gasteiger partial charge in [-0.2, -0.15) is 0 Å². The van der Waals surface area contributed by atoms with E-state index in [1.807, 2.05) is 6.08 Å². The van der Waals surface area contributed by atoms with Crippen LogP contribution in [0.4, 0.5) is 0 Å². The van der Waals surface area contributed by atoms with E-state index in [-0.39, 0.29) is 18.5 Å². The molecule has 63 heavy (non-hydrogen) atoms. The highest BCUT2D eigenvalue weighted by Crippen LogP contribution is 2.17. The van der Waals surface area contributed by atoms with Gasteiger partial charge >= 0.3 is 5.97 Å². The molecule has 0 spiro atoms. The monoisotopic (exact) mass is 890 g/mol. The molecule has 0 radical (unpaired) electrons. The predicted molar refractivity (Wildman–Crippen MR) is 273 cm³/mol. The molecule has 0 rings (SSSR count). The second-order valence-electron chi connectivity index (χ2n) is 19.6. The van der Waals surface area contributed by atoms with Crippen molar-refractivity contribution in [2.45, 2.75) is 328 Å². The minimum Gasteiger partial charge on any atom is -0.466 e. The normalized spacial score (nSPS) is 12.6. The highest BCUT2D eigenvalue weighted by Gasteiger charge is 2.18. The average molecular weight is 891 g/mol. The third-order valence-electron chi connectivity index (χ3n) is 13.3. The molecular formula is C57H111NO5. The second kappa shape index (κ2) is 53.2. The zero-order valence-corrected chi connectivity index (χ0v) is 42.6. The first kappa shape index (κ1) is 61.6. The number of aliphatic hydroxyl groups excluding tert-OH is 2. The van der Waals surface area contributed by atoms with Crippen LogP contribution in [0.3, 0.4) is 0 Å². The Morgan fingerprint density at radius 1 is 0.429 bits per heavy atom. The van der Waals surface area contributed by atoms with Gasteiger partial charge in [0.2, 0.25) is 5.91 Å². The summed E-state index contributed by atoms with van der Waals surface area (Å²) in [5, 5.41) is 23.1. The summed E-state index contributed by atoms with van der Waals surface area (Å²) in [6, 6.07) is -0.629. The van der Waals surface area contributed by atoms with E-state index in [0.29, 0.717) is 19.4 Å².